The van der Waals surface area contributed by atoms with Gasteiger partial charge in [-0.3, -0.25) is 4.79 Å². The third-order valence-electron chi connectivity index (χ3n) is 4.22. The average Bonchev–Trinajstić information content (AvgIpc) is 2.99. The highest BCUT2D eigenvalue weighted by Gasteiger charge is 2.23. The normalized spacial score (nSPS) is 15.3. The molecule has 2 N–H and O–H groups in total. The highest BCUT2D eigenvalue weighted by Crippen LogP contribution is 2.23. The van der Waals surface area contributed by atoms with Crippen molar-refractivity contribution in [3.05, 3.63) is 35.4 Å². The minimum atomic E-state index is -0.535. The van der Waals surface area contributed by atoms with Crippen LogP contribution in [-0.4, -0.2) is 41.1 Å². The van der Waals surface area contributed by atoms with Crippen LogP contribution in [-0.2, 0) is 0 Å². The molecule has 0 aliphatic carbocycles. The Hall–Kier alpha value is -2.48. The van der Waals surface area contributed by atoms with E-state index in [1.807, 2.05) is 0 Å². The van der Waals surface area contributed by atoms with Crippen LogP contribution >= 0.6 is 0 Å². The predicted octanol–water partition coefficient (Wildman–Crippen LogP) is 1.91. The number of piperidine rings is 1. The van der Waals surface area contributed by atoms with E-state index in [2.05, 4.69) is 20.9 Å². The van der Waals surface area contributed by atoms with Crippen LogP contribution in [0.3, 0.4) is 0 Å². The van der Waals surface area contributed by atoms with Gasteiger partial charge in [0.2, 0.25) is 0 Å². The van der Waals surface area contributed by atoms with Crippen molar-refractivity contribution in [2.45, 2.75) is 25.8 Å². The van der Waals surface area contributed by atoms with Gasteiger partial charge in [-0.15, -0.1) is 5.10 Å². The second-order valence-electron chi connectivity index (χ2n) is 5.75. The Morgan fingerprint density at radius 3 is 2.88 bits per heavy atom. The third-order valence-corrected chi connectivity index (χ3v) is 4.22. The summed E-state index contributed by atoms with van der Waals surface area (Å²) in [5, 5.41) is 13.9. The Morgan fingerprint density at radius 1 is 1.42 bits per heavy atom. The summed E-state index contributed by atoms with van der Waals surface area (Å²) in [4.78, 5) is 12.4. The van der Waals surface area contributed by atoms with Crippen LogP contribution in [0.4, 0.5) is 10.1 Å². The van der Waals surface area contributed by atoms with E-state index in [0.717, 1.165) is 25.9 Å². The zero-order chi connectivity index (χ0) is 17.1. The molecule has 0 unspecified atom stereocenters. The van der Waals surface area contributed by atoms with E-state index in [4.69, 9.17) is 4.74 Å². The van der Waals surface area contributed by atoms with Gasteiger partial charge in [0, 0.05) is 6.07 Å². The summed E-state index contributed by atoms with van der Waals surface area (Å²) in [7, 11) is 1.48. The topological polar surface area (TPSA) is 81.1 Å². The van der Waals surface area contributed by atoms with Gasteiger partial charge >= 0.3 is 0 Å². The van der Waals surface area contributed by atoms with Gasteiger partial charge in [0.15, 0.2) is 5.69 Å². The number of rotatable bonds is 4. The molecule has 7 nitrogen and oxygen atoms in total. The first kappa shape index (κ1) is 16.4. The lowest BCUT2D eigenvalue weighted by molar-refractivity contribution is 0.102. The molecule has 1 aromatic carbocycles. The SMILES string of the molecule is COc1ccc(F)c(NC(=O)c2nnn(C3CCNCC3)c2C)c1. The molecule has 1 saturated heterocycles. The quantitative estimate of drug-likeness (QED) is 0.893. The number of amides is 1. The van der Waals surface area contributed by atoms with Crippen molar-refractivity contribution in [2.24, 2.45) is 0 Å². The molecule has 1 amide bonds. The first-order valence-electron chi connectivity index (χ1n) is 7.87. The highest BCUT2D eigenvalue weighted by atomic mass is 19.1. The lowest BCUT2D eigenvalue weighted by atomic mass is 10.1. The number of carbonyl (C=O) groups is 1. The first-order chi connectivity index (χ1) is 11.6. The molecule has 128 valence electrons. The summed E-state index contributed by atoms with van der Waals surface area (Å²) in [5.74, 6) is -0.561. The second-order valence-corrected chi connectivity index (χ2v) is 5.75. The molecule has 0 bridgehead atoms. The fourth-order valence-corrected chi connectivity index (χ4v) is 2.86. The number of nitrogens with zero attached hydrogens (tertiary/aromatic N) is 3. The van der Waals surface area contributed by atoms with Crippen molar-refractivity contribution in [1.29, 1.82) is 0 Å². The summed E-state index contributed by atoms with van der Waals surface area (Å²) in [6.07, 6.45) is 1.88. The van der Waals surface area contributed by atoms with Crippen molar-refractivity contribution in [3.63, 3.8) is 0 Å². The van der Waals surface area contributed by atoms with Crippen molar-refractivity contribution < 1.29 is 13.9 Å². The van der Waals surface area contributed by atoms with Gasteiger partial charge in [0.1, 0.15) is 11.6 Å². The summed E-state index contributed by atoms with van der Waals surface area (Å²) in [5.41, 5.74) is 0.939. The number of carbonyl (C=O) groups excluding carboxylic acids is 1. The van der Waals surface area contributed by atoms with E-state index < -0.39 is 11.7 Å². The van der Waals surface area contributed by atoms with Gasteiger partial charge < -0.3 is 15.4 Å². The molecule has 1 aliphatic heterocycles. The van der Waals surface area contributed by atoms with E-state index >= 15 is 0 Å². The number of methoxy groups -OCH3 is 1. The molecule has 0 radical (unpaired) electrons. The molecule has 2 aromatic rings. The molecule has 8 heteroatoms. The molecule has 0 atom stereocenters. The van der Waals surface area contributed by atoms with Crippen molar-refractivity contribution in [3.8, 4) is 5.75 Å². The maximum Gasteiger partial charge on any atom is 0.278 e. The Kier molecular flexibility index (Phi) is 4.75. The summed E-state index contributed by atoms with van der Waals surface area (Å²) >= 11 is 0. The minimum Gasteiger partial charge on any atom is -0.497 e. The smallest absolute Gasteiger partial charge is 0.278 e. The van der Waals surface area contributed by atoms with Crippen LogP contribution in [0.1, 0.15) is 35.1 Å². The Balaban J connectivity index is 1.79. The van der Waals surface area contributed by atoms with Crippen LogP contribution in [0.2, 0.25) is 0 Å². The molecule has 1 aliphatic rings. The summed E-state index contributed by atoms with van der Waals surface area (Å²) in [6.45, 7) is 3.64. The molecule has 2 heterocycles. The van der Waals surface area contributed by atoms with E-state index in [9.17, 15) is 9.18 Å². The van der Waals surface area contributed by atoms with Crippen LogP contribution in [0.25, 0.3) is 0 Å². The fraction of sp³-hybridized carbons (Fsp3) is 0.438. The largest absolute Gasteiger partial charge is 0.497 e. The van der Waals surface area contributed by atoms with Crippen molar-refractivity contribution in [2.75, 3.05) is 25.5 Å². The Labute approximate surface area is 139 Å². The van der Waals surface area contributed by atoms with Gasteiger partial charge in [-0.1, -0.05) is 5.21 Å². The summed E-state index contributed by atoms with van der Waals surface area (Å²) in [6, 6.07) is 4.39. The number of aromatic nitrogens is 3. The molecule has 1 aromatic heterocycles. The van der Waals surface area contributed by atoms with Crippen LogP contribution < -0.4 is 15.4 Å². The van der Waals surface area contributed by atoms with Crippen LogP contribution in [0, 0.1) is 12.7 Å². The number of ether oxygens (including phenoxy) is 1. The molecule has 1 fully saturated rings. The minimum absolute atomic E-state index is 0.0511. The Bertz CT molecular complexity index is 740. The molecule has 3 rings (SSSR count). The zero-order valence-electron chi connectivity index (χ0n) is 13.7. The molecule has 24 heavy (non-hydrogen) atoms. The summed E-state index contributed by atoms with van der Waals surface area (Å²) < 4.78 is 20.7. The number of hydrogen-bond acceptors (Lipinski definition) is 5. The monoisotopic (exact) mass is 333 g/mol. The third kappa shape index (κ3) is 3.23. The molecular weight excluding hydrogens is 313 g/mol. The zero-order valence-corrected chi connectivity index (χ0v) is 13.7. The average molecular weight is 333 g/mol. The number of benzene rings is 1. The first-order valence-corrected chi connectivity index (χ1v) is 7.87. The molecule has 0 spiro atoms. The van der Waals surface area contributed by atoms with E-state index in [-0.39, 0.29) is 17.4 Å². The fourth-order valence-electron chi connectivity index (χ4n) is 2.86. The number of anilines is 1. The predicted molar refractivity (Wildman–Crippen MR) is 86.8 cm³/mol. The maximum atomic E-state index is 13.9. The molecule has 0 saturated carbocycles. The molecular formula is C16H20FN5O2. The van der Waals surface area contributed by atoms with Crippen molar-refractivity contribution >= 4 is 11.6 Å². The van der Waals surface area contributed by atoms with Gasteiger partial charge in [0.25, 0.3) is 5.91 Å². The van der Waals surface area contributed by atoms with Gasteiger partial charge in [-0.05, 0) is 45.0 Å². The van der Waals surface area contributed by atoms with Gasteiger partial charge in [-0.25, -0.2) is 9.07 Å². The lowest BCUT2D eigenvalue weighted by Gasteiger charge is -2.23. The van der Waals surface area contributed by atoms with Crippen molar-refractivity contribution in [1.82, 2.24) is 20.3 Å². The highest BCUT2D eigenvalue weighted by molar-refractivity contribution is 6.03. The standard InChI is InChI=1S/C16H20FN5O2/c1-10-15(20-21-22(10)11-5-7-18-8-6-11)16(23)19-14-9-12(24-2)3-4-13(14)17/h3-4,9,11,18H,5-8H2,1-2H3,(H,19,23). The van der Waals surface area contributed by atoms with Gasteiger partial charge in [0.05, 0.1) is 24.5 Å². The van der Waals surface area contributed by atoms with Crippen LogP contribution in [0.15, 0.2) is 18.2 Å². The van der Waals surface area contributed by atoms with E-state index in [1.165, 1.54) is 25.3 Å². The number of nitrogens with one attached hydrogen (secondary N) is 2. The van der Waals surface area contributed by atoms with E-state index in [1.54, 1.807) is 11.6 Å². The maximum absolute atomic E-state index is 13.9. The lowest BCUT2D eigenvalue weighted by Crippen LogP contribution is -2.30. The second kappa shape index (κ2) is 6.96. The van der Waals surface area contributed by atoms with Crippen LogP contribution in [0.5, 0.6) is 5.75 Å². The van der Waals surface area contributed by atoms with E-state index in [0.29, 0.717) is 11.4 Å². The Morgan fingerprint density at radius 2 is 2.17 bits per heavy atom. The van der Waals surface area contributed by atoms with Gasteiger partial charge in [-0.2, -0.15) is 0 Å². The number of halogens is 1. The number of hydrogen-bond donors (Lipinski definition) is 2.